The Hall–Kier alpha value is -3.02. The molecule has 3 rings (SSSR count). The number of halogens is 2. The van der Waals surface area contributed by atoms with Crippen LogP contribution in [0.3, 0.4) is 0 Å². The highest BCUT2D eigenvalue weighted by atomic mass is 19.3. The van der Waals surface area contributed by atoms with Crippen LogP contribution >= 0.6 is 0 Å². The monoisotopic (exact) mass is 429 g/mol. The smallest absolute Gasteiger partial charge is 0.435 e. The minimum Gasteiger partial charge on any atom is -0.455 e. The van der Waals surface area contributed by atoms with Crippen molar-refractivity contribution in [3.8, 4) is 0 Å². The molecule has 2 aliphatic rings. The van der Waals surface area contributed by atoms with Crippen LogP contribution in [0.25, 0.3) is 5.57 Å². The predicted octanol–water partition coefficient (Wildman–Crippen LogP) is 1.83. The Balaban J connectivity index is 1.54. The summed E-state index contributed by atoms with van der Waals surface area (Å²) in [6.45, 7) is 2.74. The molecular weight excluding hydrogens is 408 g/mol. The molecule has 0 saturated carbocycles. The molecule has 1 fully saturated rings. The minimum absolute atomic E-state index is 0.295. The number of aromatic nitrogens is 1. The quantitative estimate of drug-likeness (QED) is 0.604. The van der Waals surface area contributed by atoms with Crippen molar-refractivity contribution >= 4 is 23.5 Å². The molecule has 2 bridgehead atoms. The van der Waals surface area contributed by atoms with Crippen LogP contribution in [-0.2, 0) is 23.9 Å². The predicted molar refractivity (Wildman–Crippen MR) is 94.5 cm³/mol. The molecule has 0 spiro atoms. The van der Waals surface area contributed by atoms with Crippen molar-refractivity contribution in [1.82, 2.24) is 15.1 Å². The number of urea groups is 1. The van der Waals surface area contributed by atoms with Crippen LogP contribution < -0.4 is 0 Å². The van der Waals surface area contributed by atoms with E-state index in [1.807, 2.05) is 0 Å². The van der Waals surface area contributed by atoms with Crippen molar-refractivity contribution in [2.45, 2.75) is 32.9 Å². The lowest BCUT2D eigenvalue weighted by atomic mass is 9.97. The molecule has 1 atom stereocenters. The second-order valence-electron chi connectivity index (χ2n) is 7.81. The molecular formula is C18H21F2N3O7. The van der Waals surface area contributed by atoms with Crippen LogP contribution in [0, 0.1) is 5.41 Å². The van der Waals surface area contributed by atoms with Gasteiger partial charge in [-0.1, -0.05) is 11.2 Å². The Morgan fingerprint density at radius 3 is 2.70 bits per heavy atom. The van der Waals surface area contributed by atoms with Gasteiger partial charge < -0.3 is 18.9 Å². The highest BCUT2D eigenvalue weighted by Gasteiger charge is 2.44. The summed E-state index contributed by atoms with van der Waals surface area (Å²) in [6.07, 6.45) is 0.619. The third-order valence-corrected chi connectivity index (χ3v) is 4.36. The number of ether oxygens (including phenoxy) is 2. The summed E-state index contributed by atoms with van der Waals surface area (Å²) in [6, 6.07) is -1.08. The molecule has 1 unspecified atom stereocenters. The summed E-state index contributed by atoms with van der Waals surface area (Å²) in [7, 11) is 0. The van der Waals surface area contributed by atoms with Crippen LogP contribution in [-0.4, -0.2) is 71.5 Å². The first kappa shape index (κ1) is 21.7. The number of rotatable bonds is 7. The van der Waals surface area contributed by atoms with E-state index in [2.05, 4.69) is 14.6 Å². The van der Waals surface area contributed by atoms with Gasteiger partial charge in [0.2, 0.25) is 0 Å². The number of fused-ring (bicyclic) bond motifs is 2. The summed E-state index contributed by atoms with van der Waals surface area (Å²) in [4.78, 5) is 42.4. The molecule has 30 heavy (non-hydrogen) atoms. The van der Waals surface area contributed by atoms with Crippen molar-refractivity contribution in [3.63, 3.8) is 0 Å². The number of nitrogens with zero attached hydrogens (tertiary/aromatic N) is 3. The number of hydrogen-bond donors (Lipinski definition) is 0. The van der Waals surface area contributed by atoms with Gasteiger partial charge >= 0.3 is 24.1 Å². The highest BCUT2D eigenvalue weighted by Crippen LogP contribution is 2.32. The SMILES string of the molecule is CC(C)(C)C(=O)OCC(F)(F)OC(=O)CON1C(=O)N2CC=C(c3cnoc3)C1C2. The Labute approximate surface area is 170 Å². The molecule has 3 heterocycles. The van der Waals surface area contributed by atoms with Gasteiger partial charge in [0.1, 0.15) is 12.3 Å². The summed E-state index contributed by atoms with van der Waals surface area (Å²) in [5.41, 5.74) is 0.353. The zero-order chi connectivity index (χ0) is 22.1. The van der Waals surface area contributed by atoms with E-state index in [4.69, 9.17) is 9.36 Å². The first-order valence-corrected chi connectivity index (χ1v) is 9.06. The normalized spacial score (nSPS) is 19.0. The van der Waals surface area contributed by atoms with E-state index < -0.39 is 48.7 Å². The second-order valence-corrected chi connectivity index (χ2v) is 7.81. The van der Waals surface area contributed by atoms with Gasteiger partial charge in [-0.3, -0.25) is 9.63 Å². The summed E-state index contributed by atoms with van der Waals surface area (Å²) < 4.78 is 40.9. The molecule has 0 N–H and O–H groups in total. The molecule has 2 amide bonds. The molecule has 164 valence electrons. The van der Waals surface area contributed by atoms with Crippen LogP contribution in [0.1, 0.15) is 26.3 Å². The van der Waals surface area contributed by atoms with Gasteiger partial charge in [0.15, 0.2) is 13.2 Å². The molecule has 0 aromatic carbocycles. The van der Waals surface area contributed by atoms with Crippen molar-refractivity contribution in [3.05, 3.63) is 24.1 Å². The first-order valence-electron chi connectivity index (χ1n) is 9.06. The van der Waals surface area contributed by atoms with Gasteiger partial charge in [0.25, 0.3) is 0 Å². The maximum Gasteiger partial charge on any atom is 0.435 e. The second kappa shape index (κ2) is 8.01. The standard InChI is InChI=1S/C18H21F2N3O7/c1-17(2,3)15(25)27-10-18(19,20)30-14(24)9-29-23-13-7-22(16(23)26)5-4-12(13)11-6-21-28-8-11/h4,6,8,13H,5,7,9-10H2,1-3H3. The average molecular weight is 429 g/mol. The number of hydrogen-bond acceptors (Lipinski definition) is 8. The van der Waals surface area contributed by atoms with Crippen LogP contribution in [0.2, 0.25) is 0 Å². The van der Waals surface area contributed by atoms with E-state index in [0.717, 1.165) is 5.06 Å². The topological polar surface area (TPSA) is 111 Å². The van der Waals surface area contributed by atoms with Gasteiger partial charge in [0.05, 0.1) is 18.2 Å². The number of esters is 2. The molecule has 1 saturated heterocycles. The number of carbonyl (C=O) groups is 3. The Bertz CT molecular complexity index is 848. The third kappa shape index (κ3) is 4.75. The van der Waals surface area contributed by atoms with Gasteiger partial charge in [-0.25, -0.2) is 9.59 Å². The number of alkyl halides is 2. The Morgan fingerprint density at radius 2 is 2.07 bits per heavy atom. The van der Waals surface area contributed by atoms with Crippen LogP contribution in [0.5, 0.6) is 0 Å². The maximum absolute atomic E-state index is 13.8. The lowest BCUT2D eigenvalue weighted by molar-refractivity contribution is -0.259. The van der Waals surface area contributed by atoms with Crippen LogP contribution in [0.15, 0.2) is 23.1 Å². The summed E-state index contributed by atoms with van der Waals surface area (Å²) in [5.74, 6) is -2.29. The van der Waals surface area contributed by atoms with Crippen LogP contribution in [0.4, 0.5) is 13.6 Å². The van der Waals surface area contributed by atoms with Crippen molar-refractivity contribution in [1.29, 1.82) is 0 Å². The average Bonchev–Trinajstić information content (AvgIpc) is 3.26. The van der Waals surface area contributed by atoms with Gasteiger partial charge in [-0.05, 0) is 26.3 Å². The van der Waals surface area contributed by atoms with Gasteiger partial charge in [0, 0.05) is 12.1 Å². The molecule has 0 radical (unpaired) electrons. The fourth-order valence-electron chi connectivity index (χ4n) is 2.87. The first-order chi connectivity index (χ1) is 14.0. The molecule has 0 aliphatic carbocycles. The van der Waals surface area contributed by atoms with Gasteiger partial charge in [-0.15, -0.1) is 0 Å². The van der Waals surface area contributed by atoms with E-state index in [0.29, 0.717) is 24.2 Å². The number of hydroxylamine groups is 2. The number of amides is 2. The van der Waals surface area contributed by atoms with Crippen molar-refractivity contribution < 1.29 is 42.0 Å². The van der Waals surface area contributed by atoms with E-state index >= 15 is 0 Å². The molecule has 1 aromatic rings. The summed E-state index contributed by atoms with van der Waals surface area (Å²) in [5, 5.41) is 4.55. The van der Waals surface area contributed by atoms with E-state index in [9.17, 15) is 23.2 Å². The van der Waals surface area contributed by atoms with Crippen molar-refractivity contribution in [2.24, 2.45) is 5.41 Å². The Morgan fingerprint density at radius 1 is 1.33 bits per heavy atom. The summed E-state index contributed by atoms with van der Waals surface area (Å²) >= 11 is 0. The van der Waals surface area contributed by atoms with E-state index in [1.54, 1.807) is 6.08 Å². The van der Waals surface area contributed by atoms with E-state index in [-0.39, 0.29) is 0 Å². The van der Waals surface area contributed by atoms with Crippen molar-refractivity contribution in [2.75, 3.05) is 26.3 Å². The maximum atomic E-state index is 13.8. The van der Waals surface area contributed by atoms with Gasteiger partial charge in [-0.2, -0.15) is 13.8 Å². The molecule has 2 aliphatic heterocycles. The fourth-order valence-corrected chi connectivity index (χ4v) is 2.87. The molecule has 12 heteroatoms. The lowest BCUT2D eigenvalue weighted by Gasteiger charge is -2.24. The Kier molecular flexibility index (Phi) is 5.79. The lowest BCUT2D eigenvalue weighted by Crippen LogP contribution is -2.39. The molecule has 1 aromatic heterocycles. The number of carbonyl (C=O) groups excluding carboxylic acids is 3. The minimum atomic E-state index is -4.04. The highest BCUT2D eigenvalue weighted by molar-refractivity contribution is 5.85. The molecule has 10 nitrogen and oxygen atoms in total. The largest absolute Gasteiger partial charge is 0.455 e. The zero-order valence-electron chi connectivity index (χ0n) is 16.6. The third-order valence-electron chi connectivity index (χ3n) is 4.36. The zero-order valence-corrected chi connectivity index (χ0v) is 16.6. The van der Waals surface area contributed by atoms with E-state index in [1.165, 1.54) is 38.1 Å². The fraction of sp³-hybridized carbons (Fsp3) is 0.556.